The molecule has 1 fully saturated rings. The normalized spacial score (nSPS) is 16.6. The van der Waals surface area contributed by atoms with E-state index in [1.807, 2.05) is 28.4 Å². The maximum atomic E-state index is 13.5. The third kappa shape index (κ3) is 3.16. The van der Waals surface area contributed by atoms with Gasteiger partial charge in [0.05, 0.1) is 11.0 Å². The molecule has 6 rings (SSSR count). The van der Waals surface area contributed by atoms with Gasteiger partial charge in [-0.1, -0.05) is 18.2 Å². The van der Waals surface area contributed by atoms with Crippen LogP contribution in [0.3, 0.4) is 0 Å². The number of carbonyl (C=O) groups is 1. The lowest BCUT2D eigenvalue weighted by atomic mass is 9.99. The SMILES string of the molecule is Cc1cc2c(cc1C(=O)N1Cc3cccc(C)c3C1)[nH]c(=O)c1nnc(C3CCOCC3)n12. The Bertz CT molecular complexity index is 1480. The van der Waals surface area contributed by atoms with Crippen LogP contribution in [0.2, 0.25) is 0 Å². The van der Waals surface area contributed by atoms with E-state index in [0.29, 0.717) is 37.4 Å². The predicted octanol–water partition coefficient (Wildman–Crippen LogP) is 3.24. The molecular formula is C25H25N5O3. The molecule has 0 bridgehead atoms. The van der Waals surface area contributed by atoms with Crippen molar-refractivity contribution in [3.05, 3.63) is 74.3 Å². The van der Waals surface area contributed by atoms with Gasteiger partial charge >= 0.3 is 0 Å². The first kappa shape index (κ1) is 20.1. The molecule has 0 saturated carbocycles. The van der Waals surface area contributed by atoms with Crippen molar-refractivity contribution in [2.75, 3.05) is 13.2 Å². The van der Waals surface area contributed by atoms with E-state index >= 15 is 0 Å². The number of hydrogen-bond donors (Lipinski definition) is 1. The zero-order chi connectivity index (χ0) is 22.7. The van der Waals surface area contributed by atoms with Gasteiger partial charge in [0.15, 0.2) is 0 Å². The number of ether oxygens (including phenoxy) is 1. The average Bonchev–Trinajstić information content (AvgIpc) is 3.46. The fourth-order valence-electron chi connectivity index (χ4n) is 5.19. The number of nitrogens with one attached hydrogen (secondary N) is 1. The zero-order valence-electron chi connectivity index (χ0n) is 18.7. The van der Waals surface area contributed by atoms with Crippen LogP contribution in [-0.4, -0.2) is 43.6 Å². The first-order valence-corrected chi connectivity index (χ1v) is 11.4. The maximum absolute atomic E-state index is 13.5. The molecule has 168 valence electrons. The second kappa shape index (κ2) is 7.52. The van der Waals surface area contributed by atoms with Gasteiger partial charge in [-0.25, -0.2) is 0 Å². The minimum absolute atomic E-state index is 0.0284. The van der Waals surface area contributed by atoms with Crippen molar-refractivity contribution < 1.29 is 9.53 Å². The molecule has 0 atom stereocenters. The fraction of sp³-hybridized carbons (Fsp3) is 0.360. The van der Waals surface area contributed by atoms with Crippen LogP contribution in [0.1, 0.15) is 57.2 Å². The second-order valence-electron chi connectivity index (χ2n) is 9.12. The molecule has 4 aromatic rings. The molecule has 33 heavy (non-hydrogen) atoms. The summed E-state index contributed by atoms with van der Waals surface area (Å²) < 4.78 is 7.36. The Morgan fingerprint density at radius 2 is 1.91 bits per heavy atom. The monoisotopic (exact) mass is 443 g/mol. The molecule has 1 amide bonds. The number of aromatic nitrogens is 4. The fourth-order valence-corrected chi connectivity index (χ4v) is 5.19. The molecule has 4 heterocycles. The smallest absolute Gasteiger partial charge is 0.294 e. The highest BCUT2D eigenvalue weighted by Gasteiger charge is 2.28. The van der Waals surface area contributed by atoms with Gasteiger partial charge in [0, 0.05) is 37.8 Å². The molecule has 0 aliphatic carbocycles. The Balaban J connectivity index is 1.44. The van der Waals surface area contributed by atoms with Crippen LogP contribution in [0.4, 0.5) is 0 Å². The predicted molar refractivity (Wildman–Crippen MR) is 123 cm³/mol. The number of benzene rings is 2. The van der Waals surface area contributed by atoms with Crippen LogP contribution in [0.25, 0.3) is 16.7 Å². The lowest BCUT2D eigenvalue weighted by molar-refractivity contribution is 0.0750. The molecule has 2 aliphatic heterocycles. The second-order valence-corrected chi connectivity index (χ2v) is 9.12. The molecule has 2 aromatic heterocycles. The van der Waals surface area contributed by atoms with Gasteiger partial charge in [0.25, 0.3) is 11.5 Å². The number of carbonyl (C=O) groups excluding carboxylic acids is 1. The van der Waals surface area contributed by atoms with Crippen molar-refractivity contribution in [1.82, 2.24) is 24.5 Å². The van der Waals surface area contributed by atoms with Crippen LogP contribution in [0, 0.1) is 13.8 Å². The highest BCUT2D eigenvalue weighted by Crippen LogP contribution is 2.30. The van der Waals surface area contributed by atoms with E-state index in [0.717, 1.165) is 29.7 Å². The standard InChI is InChI=1S/C25H25N5O3/c1-14-4-3-5-17-12-29(13-19(14)17)25(32)18-11-20-21(10-15(18)2)30-22(16-6-8-33-9-7-16)27-28-23(30)24(31)26-20/h3-5,10-11,16H,6-9,12-13H2,1-2H3,(H,26,31). The quantitative estimate of drug-likeness (QED) is 0.514. The molecular weight excluding hydrogens is 418 g/mol. The molecule has 1 N–H and O–H groups in total. The molecule has 0 unspecified atom stereocenters. The van der Waals surface area contributed by atoms with E-state index in [1.54, 1.807) is 6.07 Å². The molecule has 0 radical (unpaired) electrons. The molecule has 8 nitrogen and oxygen atoms in total. The Morgan fingerprint density at radius 1 is 1.09 bits per heavy atom. The Morgan fingerprint density at radius 3 is 2.70 bits per heavy atom. The van der Waals surface area contributed by atoms with Gasteiger partial charge in [-0.15, -0.1) is 10.2 Å². The van der Waals surface area contributed by atoms with Crippen molar-refractivity contribution >= 4 is 22.6 Å². The number of rotatable bonds is 2. The van der Waals surface area contributed by atoms with Gasteiger partial charge < -0.3 is 14.6 Å². The minimum Gasteiger partial charge on any atom is -0.381 e. The van der Waals surface area contributed by atoms with Gasteiger partial charge in [-0.3, -0.25) is 14.0 Å². The third-order valence-corrected chi connectivity index (χ3v) is 7.04. The topological polar surface area (TPSA) is 92.6 Å². The minimum atomic E-state index is -0.306. The Labute approximate surface area is 190 Å². The summed E-state index contributed by atoms with van der Waals surface area (Å²) in [7, 11) is 0. The van der Waals surface area contributed by atoms with Gasteiger partial charge in [0.1, 0.15) is 5.82 Å². The van der Waals surface area contributed by atoms with Crippen LogP contribution >= 0.6 is 0 Å². The highest BCUT2D eigenvalue weighted by atomic mass is 16.5. The van der Waals surface area contributed by atoms with Crippen molar-refractivity contribution in [3.8, 4) is 0 Å². The molecule has 1 saturated heterocycles. The van der Waals surface area contributed by atoms with Crippen LogP contribution < -0.4 is 5.56 Å². The third-order valence-electron chi connectivity index (χ3n) is 7.04. The van der Waals surface area contributed by atoms with Crippen molar-refractivity contribution in [1.29, 1.82) is 0 Å². The summed E-state index contributed by atoms with van der Waals surface area (Å²) in [5.41, 5.74) is 6.50. The summed E-state index contributed by atoms with van der Waals surface area (Å²) in [4.78, 5) is 31.1. The summed E-state index contributed by atoms with van der Waals surface area (Å²) in [6.07, 6.45) is 1.69. The Kier molecular flexibility index (Phi) is 4.58. The van der Waals surface area contributed by atoms with Crippen LogP contribution in [0.15, 0.2) is 35.1 Å². The van der Waals surface area contributed by atoms with E-state index in [-0.39, 0.29) is 23.0 Å². The van der Waals surface area contributed by atoms with Crippen LogP contribution in [0.5, 0.6) is 0 Å². The lowest BCUT2D eigenvalue weighted by Gasteiger charge is -2.21. The number of amides is 1. The van der Waals surface area contributed by atoms with Gasteiger partial charge in [-0.2, -0.15) is 0 Å². The first-order chi connectivity index (χ1) is 16.0. The molecule has 8 heteroatoms. The number of aromatic amines is 1. The van der Waals surface area contributed by atoms with E-state index in [2.05, 4.69) is 34.2 Å². The molecule has 0 spiro atoms. The van der Waals surface area contributed by atoms with Gasteiger partial charge in [-0.05, 0) is 61.1 Å². The highest BCUT2D eigenvalue weighted by molar-refractivity contribution is 5.99. The van der Waals surface area contributed by atoms with E-state index in [9.17, 15) is 9.59 Å². The number of fused-ring (bicyclic) bond motifs is 4. The lowest BCUT2D eigenvalue weighted by Crippen LogP contribution is -2.26. The number of H-pyrrole nitrogens is 1. The molecule has 2 aliphatic rings. The summed E-state index contributed by atoms with van der Waals surface area (Å²) >= 11 is 0. The summed E-state index contributed by atoms with van der Waals surface area (Å²) in [6, 6.07) is 9.97. The summed E-state index contributed by atoms with van der Waals surface area (Å²) in [6.45, 7) is 6.58. The van der Waals surface area contributed by atoms with E-state index in [1.165, 1.54) is 16.7 Å². The average molecular weight is 444 g/mol. The number of aryl methyl sites for hydroxylation is 2. The van der Waals surface area contributed by atoms with Gasteiger partial charge in [0.2, 0.25) is 5.65 Å². The van der Waals surface area contributed by atoms with Crippen LogP contribution in [-0.2, 0) is 17.8 Å². The zero-order valence-corrected chi connectivity index (χ0v) is 18.7. The van der Waals surface area contributed by atoms with E-state index < -0.39 is 0 Å². The summed E-state index contributed by atoms with van der Waals surface area (Å²) in [5, 5.41) is 8.55. The van der Waals surface area contributed by atoms with Crippen molar-refractivity contribution in [2.45, 2.75) is 45.7 Å². The Hall–Kier alpha value is -3.52. The first-order valence-electron chi connectivity index (χ1n) is 11.4. The number of nitrogens with zero attached hydrogens (tertiary/aromatic N) is 4. The molecule has 2 aromatic carbocycles. The maximum Gasteiger partial charge on any atom is 0.294 e. The van der Waals surface area contributed by atoms with Crippen molar-refractivity contribution in [3.63, 3.8) is 0 Å². The van der Waals surface area contributed by atoms with E-state index in [4.69, 9.17) is 4.74 Å². The summed E-state index contributed by atoms with van der Waals surface area (Å²) in [5.74, 6) is 0.944. The number of hydrogen-bond acceptors (Lipinski definition) is 5. The van der Waals surface area contributed by atoms with Crippen molar-refractivity contribution in [2.24, 2.45) is 0 Å². The largest absolute Gasteiger partial charge is 0.381 e.